The van der Waals surface area contributed by atoms with Crippen LogP contribution in [0.25, 0.3) is 10.9 Å². The molecule has 338 valence electrons. The quantitative estimate of drug-likeness (QED) is 0.132. The van der Waals surface area contributed by atoms with Crippen LogP contribution in [-0.4, -0.2) is 152 Å². The van der Waals surface area contributed by atoms with Crippen LogP contribution >= 0.6 is 11.8 Å². The summed E-state index contributed by atoms with van der Waals surface area (Å²) in [6.45, 7) is 4.55. The number of H-pyrrole nitrogens is 1. The number of benzene rings is 1. The molecule has 22 nitrogen and oxygen atoms in total. The summed E-state index contributed by atoms with van der Waals surface area (Å²) in [5, 5.41) is 50.2. The van der Waals surface area contributed by atoms with E-state index in [4.69, 9.17) is 5.73 Å². The van der Waals surface area contributed by atoms with Crippen molar-refractivity contribution in [2.45, 2.75) is 107 Å². The molecule has 1 aromatic carbocycles. The Bertz CT molecular complexity index is 2100. The molecule has 3 aliphatic heterocycles. The standard InChI is InChI=1S/C39H54N10O12S/c1-5-16(2)31-36(59)42-12-29(54)43-26-15-62-38-22(21-7-6-19(51)8-23(21)46-38)10-24(33(56)41-13-30(55)47-31)44-37(60)32(17(3)18(4)50)48-35(58)27-9-20(52)14-49(27)39(61)25(11-28(40)53)45-34(26)57/h6-8,16-18,20,24-27,31-32,46,50-52H,5,9-15H2,1-4H3,(H2,40,53)(H,41,56)(H,42,59)(H,43,54)(H,44,60)(H,45,57)(H,47,55)(H,48,58)/t16?,17-,18-,20+,24-,25-,26-,27-,31-,32-/m0/s1. The lowest BCUT2D eigenvalue weighted by Gasteiger charge is -2.32. The smallest absolute Gasteiger partial charge is 0.246 e. The van der Waals surface area contributed by atoms with Crippen LogP contribution in [-0.2, 0) is 49.6 Å². The number of aromatic nitrogens is 1. The molecule has 1 aromatic heterocycles. The molecule has 4 heterocycles. The maximum Gasteiger partial charge on any atom is 0.246 e. The second kappa shape index (κ2) is 20.3. The van der Waals surface area contributed by atoms with Gasteiger partial charge in [0, 0.05) is 42.5 Å². The van der Waals surface area contributed by atoms with Crippen molar-refractivity contribution in [3.05, 3.63) is 23.8 Å². The zero-order valence-corrected chi connectivity index (χ0v) is 35.4. The zero-order chi connectivity index (χ0) is 45.6. The van der Waals surface area contributed by atoms with Crippen molar-refractivity contribution in [1.82, 2.24) is 47.1 Å². The van der Waals surface area contributed by atoms with Crippen LogP contribution in [0.4, 0.5) is 0 Å². The lowest BCUT2D eigenvalue weighted by atomic mass is 9.94. The summed E-state index contributed by atoms with van der Waals surface area (Å²) in [6, 6.07) is -4.58. The number of thioether (sulfide) groups is 1. The van der Waals surface area contributed by atoms with Gasteiger partial charge in [-0.1, -0.05) is 27.2 Å². The number of hydrogen-bond donors (Lipinski definition) is 12. The number of phenolic OH excluding ortho intramolecular Hbond substituents is 1. The van der Waals surface area contributed by atoms with Gasteiger partial charge >= 0.3 is 0 Å². The molecule has 1 saturated heterocycles. The Morgan fingerprint density at radius 2 is 1.53 bits per heavy atom. The second-order valence-electron chi connectivity index (χ2n) is 15.9. The van der Waals surface area contributed by atoms with Gasteiger partial charge in [-0.05, 0) is 30.5 Å². The van der Waals surface area contributed by atoms with Gasteiger partial charge in [0.1, 0.15) is 42.0 Å². The molecule has 0 radical (unpaired) electrons. The number of aliphatic hydroxyl groups excluding tert-OH is 2. The van der Waals surface area contributed by atoms with E-state index >= 15 is 0 Å². The van der Waals surface area contributed by atoms with Gasteiger partial charge in [0.2, 0.25) is 53.2 Å². The zero-order valence-electron chi connectivity index (χ0n) is 34.6. The lowest BCUT2D eigenvalue weighted by molar-refractivity contribution is -0.144. The Labute approximate surface area is 360 Å². The van der Waals surface area contributed by atoms with Crippen molar-refractivity contribution >= 4 is 75.8 Å². The molecule has 62 heavy (non-hydrogen) atoms. The third kappa shape index (κ3) is 11.3. The Hall–Kier alpha value is -5.94. The van der Waals surface area contributed by atoms with Crippen molar-refractivity contribution in [3.63, 3.8) is 0 Å². The number of nitrogens with one attached hydrogen (secondary N) is 8. The van der Waals surface area contributed by atoms with Crippen LogP contribution in [0, 0.1) is 11.8 Å². The largest absolute Gasteiger partial charge is 0.508 e. The fourth-order valence-corrected chi connectivity index (χ4v) is 8.57. The molecule has 0 spiro atoms. The van der Waals surface area contributed by atoms with Crippen LogP contribution in [0.1, 0.15) is 52.5 Å². The minimum absolute atomic E-state index is 0.127. The van der Waals surface area contributed by atoms with E-state index in [-0.39, 0.29) is 24.3 Å². The molecule has 0 aliphatic carbocycles. The molecule has 9 amide bonds. The molecule has 1 fully saturated rings. The summed E-state index contributed by atoms with van der Waals surface area (Å²) in [7, 11) is 0. The van der Waals surface area contributed by atoms with Crippen molar-refractivity contribution in [2.24, 2.45) is 17.6 Å². The van der Waals surface area contributed by atoms with Gasteiger partial charge in [0.15, 0.2) is 0 Å². The molecule has 23 heteroatoms. The molecule has 0 saturated carbocycles. The highest BCUT2D eigenvalue weighted by Gasteiger charge is 2.44. The van der Waals surface area contributed by atoms with Crippen molar-refractivity contribution in [1.29, 1.82) is 0 Å². The molecule has 3 aliphatic rings. The number of carbonyl (C=O) groups excluding carboxylic acids is 9. The number of nitrogens with zero attached hydrogens (tertiary/aromatic N) is 1. The van der Waals surface area contributed by atoms with E-state index in [2.05, 4.69) is 42.2 Å². The molecule has 10 atom stereocenters. The number of phenols is 1. The van der Waals surface area contributed by atoms with E-state index in [1.54, 1.807) is 19.9 Å². The Morgan fingerprint density at radius 3 is 2.19 bits per heavy atom. The monoisotopic (exact) mass is 886 g/mol. The molecule has 5 rings (SSSR count). The number of nitrogens with two attached hydrogens (primary N) is 1. The summed E-state index contributed by atoms with van der Waals surface area (Å²) in [4.78, 5) is 128. The predicted molar refractivity (Wildman–Crippen MR) is 220 cm³/mol. The van der Waals surface area contributed by atoms with Gasteiger partial charge in [-0.25, -0.2) is 0 Å². The SMILES string of the molecule is CCC(C)[C@@H]1NC(=O)CNC(=O)[C@@H]2Cc3c([nH]c4cc(O)ccc34)SC[C@H](NC(=O)CNC1=O)C(=O)N[C@@H](CC(N)=O)C(=O)N1C[C@H](O)C[C@H]1C(=O)N[C@@H]([C@@H](C)[C@H](C)O)C(=O)N2. The van der Waals surface area contributed by atoms with E-state index < -0.39 is 140 Å². The maximum atomic E-state index is 14.4. The van der Waals surface area contributed by atoms with Crippen molar-refractivity contribution < 1.29 is 58.5 Å². The van der Waals surface area contributed by atoms with Gasteiger partial charge in [-0.15, -0.1) is 11.8 Å². The summed E-state index contributed by atoms with van der Waals surface area (Å²) < 4.78 is 0. The van der Waals surface area contributed by atoms with E-state index in [0.717, 1.165) is 16.7 Å². The Balaban J connectivity index is 1.70. The van der Waals surface area contributed by atoms with Gasteiger partial charge in [0.25, 0.3) is 0 Å². The van der Waals surface area contributed by atoms with Gasteiger partial charge in [0.05, 0.1) is 42.3 Å². The highest BCUT2D eigenvalue weighted by molar-refractivity contribution is 7.99. The first kappa shape index (κ1) is 47.1. The molecule has 1 unspecified atom stereocenters. The Morgan fingerprint density at radius 1 is 0.855 bits per heavy atom. The molecule has 2 aromatic rings. The average molecular weight is 887 g/mol. The average Bonchev–Trinajstić information content (AvgIpc) is 3.78. The minimum Gasteiger partial charge on any atom is -0.508 e. The molecular weight excluding hydrogens is 833 g/mol. The Kier molecular flexibility index (Phi) is 15.4. The highest BCUT2D eigenvalue weighted by Crippen LogP contribution is 2.33. The summed E-state index contributed by atoms with van der Waals surface area (Å²) in [5.74, 6) is -10.0. The summed E-state index contributed by atoms with van der Waals surface area (Å²) >= 11 is 0.974. The van der Waals surface area contributed by atoms with Crippen molar-refractivity contribution in [3.8, 4) is 5.75 Å². The summed E-state index contributed by atoms with van der Waals surface area (Å²) in [5.41, 5.74) is 6.26. The van der Waals surface area contributed by atoms with Crippen LogP contribution < -0.4 is 43.0 Å². The van der Waals surface area contributed by atoms with E-state index in [9.17, 15) is 58.5 Å². The van der Waals surface area contributed by atoms with E-state index in [1.807, 2.05) is 0 Å². The van der Waals surface area contributed by atoms with E-state index in [0.29, 0.717) is 27.9 Å². The van der Waals surface area contributed by atoms with Crippen LogP contribution in [0.2, 0.25) is 0 Å². The van der Waals surface area contributed by atoms with E-state index in [1.165, 1.54) is 26.0 Å². The third-order valence-electron chi connectivity index (χ3n) is 11.3. The molecule has 2 bridgehead atoms. The first-order chi connectivity index (χ1) is 29.3. The number of aromatic amines is 1. The first-order valence-corrected chi connectivity index (χ1v) is 21.2. The number of carbonyl (C=O) groups is 9. The van der Waals surface area contributed by atoms with Gasteiger partial charge in [-0.3, -0.25) is 43.2 Å². The van der Waals surface area contributed by atoms with Crippen LogP contribution in [0.3, 0.4) is 0 Å². The highest BCUT2D eigenvalue weighted by atomic mass is 32.2. The molecule has 13 N–H and O–H groups in total. The maximum absolute atomic E-state index is 14.4. The fourth-order valence-electron chi connectivity index (χ4n) is 7.45. The van der Waals surface area contributed by atoms with Gasteiger partial charge in [-0.2, -0.15) is 0 Å². The number of primary amides is 1. The lowest BCUT2D eigenvalue weighted by Crippen LogP contribution is -2.61. The number of fused-ring (bicyclic) bond motifs is 5. The number of amides is 9. The minimum atomic E-state index is -1.71. The fraction of sp³-hybridized carbons (Fsp3) is 0.564. The second-order valence-corrected chi connectivity index (χ2v) is 17.0. The topological polar surface area (TPSA) is 344 Å². The number of hydrogen-bond acceptors (Lipinski definition) is 13. The normalized spacial score (nSPS) is 27.8. The third-order valence-corrected chi connectivity index (χ3v) is 12.5. The first-order valence-electron chi connectivity index (χ1n) is 20.2. The van der Waals surface area contributed by atoms with Gasteiger partial charge < -0.3 is 68.2 Å². The van der Waals surface area contributed by atoms with Crippen LogP contribution in [0.5, 0.6) is 5.75 Å². The number of rotatable bonds is 6. The predicted octanol–water partition coefficient (Wildman–Crippen LogP) is -3.91. The van der Waals surface area contributed by atoms with Crippen molar-refractivity contribution in [2.75, 3.05) is 25.4 Å². The number of aliphatic hydroxyl groups is 2. The molecular formula is C39H54N10O12S. The number of aromatic hydroxyl groups is 1. The summed E-state index contributed by atoms with van der Waals surface area (Å²) in [6.07, 6.45) is -3.44. The van der Waals surface area contributed by atoms with Crippen LogP contribution in [0.15, 0.2) is 23.2 Å².